The van der Waals surface area contributed by atoms with Gasteiger partial charge < -0.3 is 19.9 Å². The predicted molar refractivity (Wildman–Crippen MR) is 102 cm³/mol. The van der Waals surface area contributed by atoms with Crippen molar-refractivity contribution < 1.29 is 36.4 Å². The Bertz CT molecular complexity index is 1100. The Labute approximate surface area is 178 Å². The van der Waals surface area contributed by atoms with Crippen molar-refractivity contribution in [2.45, 2.75) is 6.18 Å². The number of nitrogens with one attached hydrogen (secondary N) is 2. The molecule has 0 saturated heterocycles. The van der Waals surface area contributed by atoms with Crippen molar-refractivity contribution in [1.29, 1.82) is 0 Å². The summed E-state index contributed by atoms with van der Waals surface area (Å²) in [5.41, 5.74) is -0.819. The number of alkyl halides is 3. The van der Waals surface area contributed by atoms with Crippen LogP contribution in [0.1, 0.15) is 16.2 Å². The Morgan fingerprint density at radius 1 is 1.03 bits per heavy atom. The van der Waals surface area contributed by atoms with Gasteiger partial charge in [0.1, 0.15) is 11.6 Å². The van der Waals surface area contributed by atoms with E-state index in [0.29, 0.717) is 0 Å². The Morgan fingerprint density at radius 2 is 1.78 bits per heavy atom. The van der Waals surface area contributed by atoms with Crippen LogP contribution < -0.4 is 15.4 Å². The maximum Gasteiger partial charge on any atom is 0.416 e. The van der Waals surface area contributed by atoms with Crippen molar-refractivity contribution in [2.24, 2.45) is 0 Å². The molecule has 2 N–H and O–H groups in total. The highest BCUT2D eigenvalue weighted by atomic mass is 19.4. The van der Waals surface area contributed by atoms with Gasteiger partial charge in [-0.05, 0) is 30.3 Å². The number of halogens is 4. The lowest BCUT2D eigenvalue weighted by Crippen LogP contribution is -2.36. The van der Waals surface area contributed by atoms with E-state index in [9.17, 15) is 27.2 Å². The molecular weight excluding hydrogens is 436 g/mol. The molecule has 8 nitrogen and oxygen atoms in total. The Balaban J connectivity index is 1.40. The van der Waals surface area contributed by atoms with Crippen LogP contribution in [0.25, 0.3) is 11.4 Å². The number of hydrogen-bond acceptors (Lipinski definition) is 6. The molecule has 0 saturated carbocycles. The zero-order chi connectivity index (χ0) is 23.1. The second-order valence-electron chi connectivity index (χ2n) is 6.32. The molecule has 3 aromatic rings. The standard InChI is InChI=1S/C20H16F4N4O4/c21-15-7-2-1-6-14(15)17-27-19(32-28-17)18(30)26-9-8-25-16(29)11-31-13-5-3-4-12(10-13)20(22,23)24/h1-7,10H,8-9,11H2,(H,25,29)(H,26,30). The van der Waals surface area contributed by atoms with Crippen LogP contribution >= 0.6 is 0 Å². The highest BCUT2D eigenvalue weighted by molar-refractivity contribution is 5.89. The van der Waals surface area contributed by atoms with E-state index in [4.69, 9.17) is 9.26 Å². The molecular formula is C20H16F4N4O4. The molecule has 0 unspecified atom stereocenters. The third kappa shape index (κ3) is 6.03. The van der Waals surface area contributed by atoms with Gasteiger partial charge in [-0.1, -0.05) is 23.4 Å². The van der Waals surface area contributed by atoms with E-state index in [1.54, 1.807) is 6.07 Å². The van der Waals surface area contributed by atoms with Crippen LogP contribution in [0.4, 0.5) is 17.6 Å². The molecule has 1 aromatic heterocycles. The van der Waals surface area contributed by atoms with E-state index in [1.165, 1.54) is 30.3 Å². The van der Waals surface area contributed by atoms with Gasteiger partial charge in [-0.25, -0.2) is 4.39 Å². The van der Waals surface area contributed by atoms with E-state index in [-0.39, 0.29) is 36.1 Å². The molecule has 0 aliphatic carbocycles. The molecule has 2 amide bonds. The highest BCUT2D eigenvalue weighted by Crippen LogP contribution is 2.31. The molecule has 0 radical (unpaired) electrons. The number of carbonyl (C=O) groups is 2. The molecule has 0 aliphatic heterocycles. The van der Waals surface area contributed by atoms with Gasteiger partial charge in [0.05, 0.1) is 11.1 Å². The number of ether oxygens (including phenoxy) is 1. The van der Waals surface area contributed by atoms with Gasteiger partial charge in [0.15, 0.2) is 6.61 Å². The van der Waals surface area contributed by atoms with Crippen molar-refractivity contribution in [3.63, 3.8) is 0 Å². The molecule has 0 aliphatic rings. The zero-order valence-electron chi connectivity index (χ0n) is 16.3. The van der Waals surface area contributed by atoms with Crippen LogP contribution in [0.15, 0.2) is 53.1 Å². The molecule has 3 rings (SSSR count). The fourth-order valence-electron chi connectivity index (χ4n) is 2.48. The summed E-state index contributed by atoms with van der Waals surface area (Å²) in [5.74, 6) is -2.48. The number of aromatic nitrogens is 2. The fraction of sp³-hybridized carbons (Fsp3) is 0.200. The second kappa shape index (κ2) is 9.90. The van der Waals surface area contributed by atoms with Gasteiger partial charge in [-0.3, -0.25) is 9.59 Å². The lowest BCUT2D eigenvalue weighted by atomic mass is 10.2. The molecule has 168 valence electrons. The van der Waals surface area contributed by atoms with Crippen LogP contribution in [0.2, 0.25) is 0 Å². The van der Waals surface area contributed by atoms with Crippen LogP contribution in [0.5, 0.6) is 5.75 Å². The molecule has 32 heavy (non-hydrogen) atoms. The minimum absolute atomic E-state index is 0.00479. The average Bonchev–Trinajstić information content (AvgIpc) is 3.25. The summed E-state index contributed by atoms with van der Waals surface area (Å²) < 4.78 is 61.6. The van der Waals surface area contributed by atoms with E-state index >= 15 is 0 Å². The number of amides is 2. The number of benzene rings is 2. The van der Waals surface area contributed by atoms with Crippen molar-refractivity contribution in [3.05, 3.63) is 65.8 Å². The third-order valence-electron chi connectivity index (χ3n) is 4.00. The van der Waals surface area contributed by atoms with Gasteiger partial charge in [0.2, 0.25) is 5.82 Å². The first kappa shape index (κ1) is 22.7. The Hall–Kier alpha value is -3.96. The first-order valence-corrected chi connectivity index (χ1v) is 9.17. The SMILES string of the molecule is O=C(COc1cccc(C(F)(F)F)c1)NCCNC(=O)c1nc(-c2ccccc2F)no1. The monoisotopic (exact) mass is 452 g/mol. The topological polar surface area (TPSA) is 106 Å². The summed E-state index contributed by atoms with van der Waals surface area (Å²) in [5, 5.41) is 8.40. The third-order valence-corrected chi connectivity index (χ3v) is 4.00. The second-order valence-corrected chi connectivity index (χ2v) is 6.32. The van der Waals surface area contributed by atoms with Crippen LogP contribution in [-0.2, 0) is 11.0 Å². The zero-order valence-corrected chi connectivity index (χ0v) is 16.3. The molecule has 2 aromatic carbocycles. The molecule has 12 heteroatoms. The maximum absolute atomic E-state index is 13.7. The largest absolute Gasteiger partial charge is 0.484 e. The fourth-order valence-corrected chi connectivity index (χ4v) is 2.48. The van der Waals surface area contributed by atoms with Gasteiger partial charge in [0, 0.05) is 13.1 Å². The van der Waals surface area contributed by atoms with Crippen LogP contribution in [-0.4, -0.2) is 41.7 Å². The lowest BCUT2D eigenvalue weighted by molar-refractivity contribution is -0.137. The Morgan fingerprint density at radius 3 is 2.53 bits per heavy atom. The minimum atomic E-state index is -4.52. The summed E-state index contributed by atoms with van der Waals surface area (Å²) in [6, 6.07) is 9.85. The van der Waals surface area contributed by atoms with E-state index in [0.717, 1.165) is 12.1 Å². The first-order valence-electron chi connectivity index (χ1n) is 9.17. The van der Waals surface area contributed by atoms with Gasteiger partial charge in [0.25, 0.3) is 5.91 Å². The molecule has 1 heterocycles. The van der Waals surface area contributed by atoms with Gasteiger partial charge in [-0.2, -0.15) is 18.2 Å². The normalized spacial score (nSPS) is 11.1. The number of hydrogen-bond donors (Lipinski definition) is 2. The van der Waals surface area contributed by atoms with E-state index in [1.807, 2.05) is 0 Å². The van der Waals surface area contributed by atoms with Crippen LogP contribution in [0, 0.1) is 5.82 Å². The summed E-state index contributed by atoms with van der Waals surface area (Å²) in [6.07, 6.45) is -4.52. The molecule has 0 atom stereocenters. The smallest absolute Gasteiger partial charge is 0.416 e. The average molecular weight is 452 g/mol. The minimum Gasteiger partial charge on any atom is -0.484 e. The van der Waals surface area contributed by atoms with Crippen molar-refractivity contribution in [3.8, 4) is 17.1 Å². The predicted octanol–water partition coefficient (Wildman–Crippen LogP) is 2.82. The molecule has 0 spiro atoms. The highest BCUT2D eigenvalue weighted by Gasteiger charge is 2.30. The Kier molecular flexibility index (Phi) is 7.03. The molecule has 0 bridgehead atoms. The summed E-state index contributed by atoms with van der Waals surface area (Å²) >= 11 is 0. The molecule has 0 fully saturated rings. The van der Waals surface area contributed by atoms with E-state index < -0.39 is 36.0 Å². The number of carbonyl (C=O) groups excluding carboxylic acids is 2. The summed E-state index contributed by atoms with van der Waals surface area (Å²) in [4.78, 5) is 27.6. The van der Waals surface area contributed by atoms with Crippen molar-refractivity contribution in [1.82, 2.24) is 20.8 Å². The maximum atomic E-state index is 13.7. The first-order chi connectivity index (χ1) is 15.2. The quantitative estimate of drug-likeness (QED) is 0.402. The van der Waals surface area contributed by atoms with Crippen molar-refractivity contribution in [2.75, 3.05) is 19.7 Å². The summed E-state index contributed by atoms with van der Waals surface area (Å²) in [6.45, 7) is -0.513. The van der Waals surface area contributed by atoms with Crippen LogP contribution in [0.3, 0.4) is 0 Å². The van der Waals surface area contributed by atoms with Crippen molar-refractivity contribution >= 4 is 11.8 Å². The van der Waals surface area contributed by atoms with E-state index in [2.05, 4.69) is 20.8 Å². The van der Waals surface area contributed by atoms with Gasteiger partial charge in [-0.15, -0.1) is 0 Å². The lowest BCUT2D eigenvalue weighted by Gasteiger charge is -2.10. The number of rotatable bonds is 8. The van der Waals surface area contributed by atoms with Gasteiger partial charge >= 0.3 is 18.0 Å². The number of nitrogens with zero attached hydrogens (tertiary/aromatic N) is 2. The summed E-state index contributed by atoms with van der Waals surface area (Å²) in [7, 11) is 0.